The molecule has 0 amide bonds. The predicted molar refractivity (Wildman–Crippen MR) is 130 cm³/mol. The van der Waals surface area contributed by atoms with Gasteiger partial charge in [-0.2, -0.15) is 13.5 Å². The van der Waals surface area contributed by atoms with Crippen molar-refractivity contribution in [2.75, 3.05) is 5.73 Å². The highest BCUT2D eigenvalue weighted by molar-refractivity contribution is 7.86. The molecule has 0 radical (unpaired) electrons. The summed E-state index contributed by atoms with van der Waals surface area (Å²) in [6.45, 7) is 0. The average molecular weight is 493 g/mol. The second kappa shape index (κ2) is 8.37. The molecule has 9 nitrogen and oxygen atoms in total. The van der Waals surface area contributed by atoms with E-state index in [4.69, 9.17) is 10.5 Å². The predicted octanol–water partition coefficient (Wildman–Crippen LogP) is 6.19. The number of thiazole rings is 1. The number of phenolic OH excluding ortho intramolecular Hbond substituents is 1. The summed E-state index contributed by atoms with van der Waals surface area (Å²) in [5.41, 5.74) is 6.95. The van der Waals surface area contributed by atoms with Crippen LogP contribution in [0, 0.1) is 0 Å². The Labute approximate surface area is 197 Å². The van der Waals surface area contributed by atoms with E-state index >= 15 is 0 Å². The van der Waals surface area contributed by atoms with Crippen LogP contribution in [-0.4, -0.2) is 23.1 Å². The van der Waals surface area contributed by atoms with E-state index in [0.717, 1.165) is 10.2 Å². The molecular weight excluding hydrogens is 476 g/mol. The Hall–Kier alpha value is -4.06. The minimum Gasteiger partial charge on any atom is -0.505 e. The molecule has 0 saturated carbocycles. The van der Waals surface area contributed by atoms with Gasteiger partial charge < -0.3 is 15.6 Å². The Morgan fingerprint density at radius 3 is 2.47 bits per heavy atom. The van der Waals surface area contributed by atoms with Crippen LogP contribution in [0.4, 0.5) is 17.1 Å². The maximum absolute atomic E-state index is 11.9. The molecule has 0 aliphatic rings. The zero-order valence-corrected chi connectivity index (χ0v) is 18.9. The van der Waals surface area contributed by atoms with Crippen molar-refractivity contribution in [3.63, 3.8) is 0 Å². The number of azo groups is 1. The molecule has 0 aliphatic heterocycles. The van der Waals surface area contributed by atoms with E-state index < -0.39 is 20.8 Å². The molecule has 0 aliphatic carbocycles. The van der Waals surface area contributed by atoms with Crippen LogP contribution in [0.1, 0.15) is 0 Å². The minimum atomic E-state index is -4.70. The summed E-state index contributed by atoms with van der Waals surface area (Å²) in [4.78, 5) is 3.84. The first-order valence-electron chi connectivity index (χ1n) is 9.86. The third kappa shape index (κ3) is 4.27. The highest BCUT2D eigenvalue weighted by Crippen LogP contribution is 2.42. The van der Waals surface area contributed by atoms with Gasteiger partial charge in [-0.15, -0.1) is 5.11 Å². The number of aromatic nitrogens is 1. The molecule has 0 atom stereocenters. The van der Waals surface area contributed by atoms with Crippen molar-refractivity contribution >= 4 is 59.5 Å². The van der Waals surface area contributed by atoms with Gasteiger partial charge in [-0.05, 0) is 66.0 Å². The van der Waals surface area contributed by atoms with Gasteiger partial charge in [-0.25, -0.2) is 4.98 Å². The number of phenols is 1. The lowest BCUT2D eigenvalue weighted by Gasteiger charge is -2.09. The highest BCUT2D eigenvalue weighted by atomic mass is 32.2. The fraction of sp³-hybridized carbons (Fsp3) is 0. The molecule has 11 heteroatoms. The lowest BCUT2D eigenvalue weighted by Crippen LogP contribution is -1.99. The molecule has 5 aromatic rings. The van der Waals surface area contributed by atoms with Crippen molar-refractivity contribution in [1.82, 2.24) is 4.98 Å². The number of nitrogens with zero attached hydrogens (tertiary/aromatic N) is 3. The number of nitrogen functional groups attached to an aromatic ring is 1. The Kier molecular flexibility index (Phi) is 5.36. The number of para-hydroxylation sites is 1. The topological polar surface area (TPSA) is 147 Å². The number of fused-ring (bicyclic) bond motifs is 2. The fourth-order valence-electron chi connectivity index (χ4n) is 3.35. The standard InChI is InChI=1S/C23H16N4O5S2/c24-14-5-10-17-13(11-14)12-20(34(29,30)31)21(22(17)28)27-26-15-6-8-16(9-7-15)32-23-25-18-3-1-2-4-19(18)33-23/h1-12,28H,24H2,(H,29,30,31). The third-order valence-corrected chi connectivity index (χ3v) is 6.72. The number of anilines is 1. The monoisotopic (exact) mass is 492 g/mol. The molecule has 1 heterocycles. The lowest BCUT2D eigenvalue weighted by atomic mass is 10.1. The van der Waals surface area contributed by atoms with Crippen LogP contribution in [0.15, 0.2) is 87.9 Å². The van der Waals surface area contributed by atoms with E-state index in [-0.39, 0.29) is 5.69 Å². The molecule has 0 spiro atoms. The van der Waals surface area contributed by atoms with Crippen LogP contribution in [0.2, 0.25) is 0 Å². The molecule has 34 heavy (non-hydrogen) atoms. The minimum absolute atomic E-state index is 0.315. The van der Waals surface area contributed by atoms with Gasteiger partial charge in [0.2, 0.25) is 0 Å². The molecule has 4 N–H and O–H groups in total. The van der Waals surface area contributed by atoms with E-state index in [0.29, 0.717) is 33.1 Å². The maximum atomic E-state index is 11.9. The highest BCUT2D eigenvalue weighted by Gasteiger charge is 2.22. The summed E-state index contributed by atoms with van der Waals surface area (Å²) in [5, 5.41) is 19.7. The van der Waals surface area contributed by atoms with Gasteiger partial charge in [0.25, 0.3) is 15.3 Å². The molecule has 0 fully saturated rings. The molecule has 1 aromatic heterocycles. The average Bonchev–Trinajstić information content (AvgIpc) is 3.21. The molecule has 0 unspecified atom stereocenters. The van der Waals surface area contributed by atoms with E-state index in [1.165, 1.54) is 29.5 Å². The van der Waals surface area contributed by atoms with Gasteiger partial charge in [0.15, 0.2) is 5.75 Å². The Balaban J connectivity index is 1.45. The number of ether oxygens (including phenoxy) is 1. The number of nitrogens with two attached hydrogens (primary N) is 1. The smallest absolute Gasteiger partial charge is 0.296 e. The largest absolute Gasteiger partial charge is 0.505 e. The summed E-state index contributed by atoms with van der Waals surface area (Å²) in [6.07, 6.45) is 0. The van der Waals surface area contributed by atoms with Gasteiger partial charge in [-0.3, -0.25) is 4.55 Å². The zero-order chi connectivity index (χ0) is 23.9. The molecule has 5 rings (SSSR count). The van der Waals surface area contributed by atoms with Crippen LogP contribution >= 0.6 is 11.3 Å². The zero-order valence-electron chi connectivity index (χ0n) is 17.3. The van der Waals surface area contributed by atoms with E-state index in [2.05, 4.69) is 15.2 Å². The van der Waals surface area contributed by atoms with E-state index in [9.17, 15) is 18.1 Å². The SMILES string of the molecule is Nc1ccc2c(O)c(N=Nc3ccc(Oc4nc5ccccc5s4)cc3)c(S(=O)(=O)O)cc2c1. The molecule has 170 valence electrons. The molecule has 0 bridgehead atoms. The fourth-order valence-corrected chi connectivity index (χ4v) is 4.84. The molecular formula is C23H16N4O5S2. The third-order valence-electron chi connectivity index (χ3n) is 4.93. The first-order valence-corrected chi connectivity index (χ1v) is 12.1. The Morgan fingerprint density at radius 1 is 0.971 bits per heavy atom. The maximum Gasteiger partial charge on any atom is 0.296 e. The number of aromatic hydroxyl groups is 1. The van der Waals surface area contributed by atoms with Crippen LogP contribution in [-0.2, 0) is 10.1 Å². The van der Waals surface area contributed by atoms with Gasteiger partial charge >= 0.3 is 0 Å². The summed E-state index contributed by atoms with van der Waals surface area (Å²) >= 11 is 1.42. The van der Waals surface area contributed by atoms with Crippen molar-refractivity contribution in [3.05, 3.63) is 72.8 Å². The summed E-state index contributed by atoms with van der Waals surface area (Å²) in [7, 11) is -4.70. The number of rotatable bonds is 5. The summed E-state index contributed by atoms with van der Waals surface area (Å²) in [5.74, 6) is 0.0902. The van der Waals surface area contributed by atoms with Crippen molar-refractivity contribution < 1.29 is 22.8 Å². The summed E-state index contributed by atoms with van der Waals surface area (Å²) < 4.78 is 40.3. The first-order chi connectivity index (χ1) is 16.3. The number of hydrogen-bond donors (Lipinski definition) is 3. The van der Waals surface area contributed by atoms with Gasteiger partial charge in [0.05, 0.1) is 15.9 Å². The van der Waals surface area contributed by atoms with Crippen molar-refractivity contribution in [1.29, 1.82) is 0 Å². The van der Waals surface area contributed by atoms with Crippen LogP contribution < -0.4 is 10.5 Å². The molecule has 0 saturated heterocycles. The van der Waals surface area contributed by atoms with Gasteiger partial charge in [0, 0.05) is 11.1 Å². The van der Waals surface area contributed by atoms with Crippen LogP contribution in [0.25, 0.3) is 21.0 Å². The normalized spacial score (nSPS) is 12.0. The Bertz CT molecular complexity index is 1650. The van der Waals surface area contributed by atoms with Crippen LogP contribution in [0.5, 0.6) is 16.7 Å². The molecule has 4 aromatic carbocycles. The van der Waals surface area contributed by atoms with Crippen molar-refractivity contribution in [2.45, 2.75) is 4.90 Å². The van der Waals surface area contributed by atoms with Crippen LogP contribution in [0.3, 0.4) is 0 Å². The van der Waals surface area contributed by atoms with Gasteiger partial charge in [-0.1, -0.05) is 23.5 Å². The van der Waals surface area contributed by atoms with Crippen molar-refractivity contribution in [3.8, 4) is 16.7 Å². The number of benzene rings is 4. The van der Waals surface area contributed by atoms with E-state index in [1.807, 2.05) is 24.3 Å². The summed E-state index contributed by atoms with van der Waals surface area (Å²) in [6, 6.07) is 20.0. The second-order valence-corrected chi connectivity index (χ2v) is 9.65. The number of hydrogen-bond acceptors (Lipinski definition) is 9. The second-order valence-electron chi connectivity index (χ2n) is 7.27. The Morgan fingerprint density at radius 2 is 1.74 bits per heavy atom. The first kappa shape index (κ1) is 21.8. The van der Waals surface area contributed by atoms with E-state index in [1.54, 1.807) is 30.3 Å². The van der Waals surface area contributed by atoms with Gasteiger partial charge in [0.1, 0.15) is 16.3 Å². The lowest BCUT2D eigenvalue weighted by molar-refractivity contribution is 0.472. The quantitative estimate of drug-likeness (QED) is 0.150. The van der Waals surface area contributed by atoms with Crippen molar-refractivity contribution in [2.24, 2.45) is 10.2 Å².